The van der Waals surface area contributed by atoms with Crippen LogP contribution < -0.4 is 10.2 Å². The second kappa shape index (κ2) is 6.61. The Labute approximate surface area is 125 Å². The van der Waals surface area contributed by atoms with Crippen molar-refractivity contribution in [3.63, 3.8) is 0 Å². The van der Waals surface area contributed by atoms with Gasteiger partial charge in [-0.05, 0) is 43.9 Å². The molecule has 0 spiro atoms. The molecule has 2 rings (SSSR count). The van der Waals surface area contributed by atoms with Gasteiger partial charge in [0.1, 0.15) is 0 Å². The fourth-order valence-corrected chi connectivity index (χ4v) is 2.71. The summed E-state index contributed by atoms with van der Waals surface area (Å²) in [6.07, 6.45) is 2.47. The summed E-state index contributed by atoms with van der Waals surface area (Å²) < 4.78 is 0. The van der Waals surface area contributed by atoms with Crippen molar-refractivity contribution in [1.82, 2.24) is 0 Å². The van der Waals surface area contributed by atoms with Crippen LogP contribution in [0, 0.1) is 11.8 Å². The lowest BCUT2D eigenvalue weighted by atomic mass is 9.81. The monoisotopic (exact) mass is 290 g/mol. The summed E-state index contributed by atoms with van der Waals surface area (Å²) >= 11 is 0. The van der Waals surface area contributed by atoms with Crippen molar-refractivity contribution in [1.29, 1.82) is 0 Å². The molecule has 1 saturated carbocycles. The van der Waals surface area contributed by atoms with E-state index >= 15 is 0 Å². The fourth-order valence-electron chi connectivity index (χ4n) is 2.71. The van der Waals surface area contributed by atoms with Gasteiger partial charge in [0.05, 0.1) is 5.92 Å². The molecular formula is C16H22N2O3. The van der Waals surface area contributed by atoms with E-state index in [9.17, 15) is 9.59 Å². The Kier molecular flexibility index (Phi) is 4.83. The summed E-state index contributed by atoms with van der Waals surface area (Å²) in [6, 6.07) is 7.69. The minimum absolute atomic E-state index is 0.00487. The minimum atomic E-state index is -0.743. The van der Waals surface area contributed by atoms with Crippen LogP contribution >= 0.6 is 0 Å². The van der Waals surface area contributed by atoms with Crippen LogP contribution in [0.2, 0.25) is 0 Å². The molecule has 1 aliphatic rings. The van der Waals surface area contributed by atoms with Gasteiger partial charge in [0.25, 0.3) is 0 Å². The number of carboxylic acid groups (broad SMARTS) is 1. The smallest absolute Gasteiger partial charge is 0.306 e. The van der Waals surface area contributed by atoms with Gasteiger partial charge in [0, 0.05) is 31.4 Å². The molecule has 2 N–H and O–H groups in total. The van der Waals surface area contributed by atoms with Gasteiger partial charge in [0.15, 0.2) is 0 Å². The highest BCUT2D eigenvalue weighted by Gasteiger charge is 2.29. The van der Waals surface area contributed by atoms with Crippen LogP contribution in [0.25, 0.3) is 0 Å². The first kappa shape index (κ1) is 15.4. The highest BCUT2D eigenvalue weighted by Crippen LogP contribution is 2.30. The van der Waals surface area contributed by atoms with E-state index in [0.29, 0.717) is 25.7 Å². The third kappa shape index (κ3) is 3.97. The molecule has 1 fully saturated rings. The van der Waals surface area contributed by atoms with Crippen molar-refractivity contribution in [3.8, 4) is 0 Å². The predicted octanol–water partition coefficient (Wildman–Crippen LogP) is 2.58. The zero-order valence-electron chi connectivity index (χ0n) is 12.5. The number of carbonyl (C=O) groups is 2. The second-order valence-electron chi connectivity index (χ2n) is 5.82. The maximum Gasteiger partial charge on any atom is 0.306 e. The summed E-state index contributed by atoms with van der Waals surface area (Å²) in [5.74, 6) is -1.11. The Bertz CT molecular complexity index is 520. The largest absolute Gasteiger partial charge is 0.481 e. The highest BCUT2D eigenvalue weighted by atomic mass is 16.4. The van der Waals surface area contributed by atoms with Crippen LogP contribution in [0.15, 0.2) is 24.3 Å². The molecule has 1 aromatic rings. The van der Waals surface area contributed by atoms with Crippen LogP contribution in [0.5, 0.6) is 0 Å². The van der Waals surface area contributed by atoms with Crippen molar-refractivity contribution in [2.24, 2.45) is 11.8 Å². The lowest BCUT2D eigenvalue weighted by Gasteiger charge is -2.25. The number of carboxylic acids is 1. The quantitative estimate of drug-likeness (QED) is 0.894. The first-order chi connectivity index (χ1) is 9.97. The van der Waals surface area contributed by atoms with Crippen LogP contribution in [0.3, 0.4) is 0 Å². The van der Waals surface area contributed by atoms with Crippen LogP contribution in [0.1, 0.15) is 25.7 Å². The summed E-state index contributed by atoms with van der Waals surface area (Å²) in [5, 5.41) is 11.9. The molecule has 0 unspecified atom stereocenters. The molecular weight excluding hydrogens is 268 g/mol. The van der Waals surface area contributed by atoms with Crippen molar-refractivity contribution >= 4 is 23.3 Å². The van der Waals surface area contributed by atoms with E-state index in [1.54, 1.807) is 0 Å². The van der Waals surface area contributed by atoms with Gasteiger partial charge in [-0.25, -0.2) is 0 Å². The SMILES string of the molecule is CN(C)c1cccc(NC(=O)C2CCC(C(=O)O)CC2)c1. The average molecular weight is 290 g/mol. The molecule has 5 nitrogen and oxygen atoms in total. The normalized spacial score (nSPS) is 21.6. The lowest BCUT2D eigenvalue weighted by Crippen LogP contribution is -2.29. The maximum atomic E-state index is 12.3. The molecule has 0 radical (unpaired) electrons. The third-order valence-corrected chi connectivity index (χ3v) is 4.08. The third-order valence-electron chi connectivity index (χ3n) is 4.08. The predicted molar refractivity (Wildman–Crippen MR) is 82.5 cm³/mol. The molecule has 0 saturated heterocycles. The number of nitrogens with zero attached hydrogens (tertiary/aromatic N) is 1. The van der Waals surface area contributed by atoms with Gasteiger partial charge in [0.2, 0.25) is 5.91 Å². The Morgan fingerprint density at radius 3 is 2.33 bits per heavy atom. The van der Waals surface area contributed by atoms with E-state index in [0.717, 1.165) is 11.4 Å². The molecule has 1 aromatic carbocycles. The first-order valence-corrected chi connectivity index (χ1v) is 7.28. The Balaban J connectivity index is 1.93. The van der Waals surface area contributed by atoms with E-state index in [2.05, 4.69) is 5.32 Å². The zero-order valence-corrected chi connectivity index (χ0v) is 12.5. The van der Waals surface area contributed by atoms with Crippen LogP contribution in [-0.2, 0) is 9.59 Å². The Morgan fingerprint density at radius 2 is 1.76 bits per heavy atom. The number of rotatable bonds is 4. The van der Waals surface area contributed by atoms with Gasteiger partial charge in [-0.3, -0.25) is 9.59 Å². The van der Waals surface area contributed by atoms with Crippen LogP contribution in [-0.4, -0.2) is 31.1 Å². The molecule has 21 heavy (non-hydrogen) atoms. The Hall–Kier alpha value is -2.04. The summed E-state index contributed by atoms with van der Waals surface area (Å²) in [5.41, 5.74) is 1.81. The van der Waals surface area contributed by atoms with E-state index in [1.807, 2.05) is 43.3 Å². The molecule has 0 heterocycles. The standard InChI is InChI=1S/C16H22N2O3/c1-18(2)14-5-3-4-13(10-14)17-15(19)11-6-8-12(9-7-11)16(20)21/h3-5,10-12H,6-9H2,1-2H3,(H,17,19)(H,20,21). The van der Waals surface area contributed by atoms with Crippen molar-refractivity contribution in [2.45, 2.75) is 25.7 Å². The second-order valence-corrected chi connectivity index (χ2v) is 5.82. The number of hydrogen-bond acceptors (Lipinski definition) is 3. The number of hydrogen-bond donors (Lipinski definition) is 2. The molecule has 1 aliphatic carbocycles. The number of anilines is 2. The van der Waals surface area contributed by atoms with Gasteiger partial charge in [-0.15, -0.1) is 0 Å². The van der Waals surface area contributed by atoms with Gasteiger partial charge < -0.3 is 15.3 Å². The molecule has 0 atom stereocenters. The van der Waals surface area contributed by atoms with Crippen LogP contribution in [0.4, 0.5) is 11.4 Å². The van der Waals surface area contributed by atoms with E-state index in [4.69, 9.17) is 5.11 Å². The first-order valence-electron chi connectivity index (χ1n) is 7.28. The summed E-state index contributed by atoms with van der Waals surface area (Å²) in [4.78, 5) is 25.2. The molecule has 114 valence electrons. The molecule has 0 aliphatic heterocycles. The number of carbonyl (C=O) groups excluding carboxylic acids is 1. The van der Waals surface area contributed by atoms with E-state index in [-0.39, 0.29) is 17.7 Å². The lowest BCUT2D eigenvalue weighted by molar-refractivity contribution is -0.143. The number of amides is 1. The van der Waals surface area contributed by atoms with Gasteiger partial charge in [-0.1, -0.05) is 6.07 Å². The topological polar surface area (TPSA) is 69.6 Å². The van der Waals surface area contributed by atoms with Gasteiger partial charge >= 0.3 is 5.97 Å². The van der Waals surface area contributed by atoms with E-state index < -0.39 is 5.97 Å². The number of benzene rings is 1. The van der Waals surface area contributed by atoms with Gasteiger partial charge in [-0.2, -0.15) is 0 Å². The average Bonchev–Trinajstić information content (AvgIpc) is 2.47. The number of aliphatic carboxylic acids is 1. The molecule has 5 heteroatoms. The molecule has 0 bridgehead atoms. The highest BCUT2D eigenvalue weighted by molar-refractivity contribution is 5.93. The van der Waals surface area contributed by atoms with Crippen molar-refractivity contribution in [3.05, 3.63) is 24.3 Å². The molecule has 0 aromatic heterocycles. The molecule has 1 amide bonds. The van der Waals surface area contributed by atoms with Crippen molar-refractivity contribution < 1.29 is 14.7 Å². The number of nitrogens with one attached hydrogen (secondary N) is 1. The zero-order chi connectivity index (χ0) is 15.4. The minimum Gasteiger partial charge on any atom is -0.481 e. The van der Waals surface area contributed by atoms with E-state index in [1.165, 1.54) is 0 Å². The maximum absolute atomic E-state index is 12.3. The fraction of sp³-hybridized carbons (Fsp3) is 0.500. The Morgan fingerprint density at radius 1 is 1.14 bits per heavy atom. The summed E-state index contributed by atoms with van der Waals surface area (Å²) in [6.45, 7) is 0. The van der Waals surface area contributed by atoms with Crippen molar-refractivity contribution in [2.75, 3.05) is 24.3 Å². The summed E-state index contributed by atoms with van der Waals surface area (Å²) in [7, 11) is 3.90.